The number of hydrogen-bond acceptors (Lipinski definition) is 2. The molecule has 0 fully saturated rings. The summed E-state index contributed by atoms with van der Waals surface area (Å²) in [6.45, 7) is 0. The highest BCUT2D eigenvalue weighted by molar-refractivity contribution is 8.76. The van der Waals surface area contributed by atoms with Crippen LogP contribution in [0.5, 0.6) is 0 Å². The normalized spacial score (nSPS) is 10.8. The minimum absolute atomic E-state index is 1.26. The van der Waals surface area contributed by atoms with Gasteiger partial charge in [-0.3, -0.25) is 0 Å². The van der Waals surface area contributed by atoms with Gasteiger partial charge >= 0.3 is 0 Å². The van der Waals surface area contributed by atoms with Gasteiger partial charge in [-0.05, 0) is 40.1 Å². The van der Waals surface area contributed by atoms with Crippen LogP contribution in [-0.4, -0.2) is 0 Å². The Bertz CT molecular complexity index is 947. The van der Waals surface area contributed by atoms with Gasteiger partial charge in [-0.25, -0.2) is 0 Å². The van der Waals surface area contributed by atoms with Crippen molar-refractivity contribution in [3.63, 3.8) is 0 Å². The van der Waals surface area contributed by atoms with Gasteiger partial charge in [0.25, 0.3) is 0 Å². The van der Waals surface area contributed by atoms with Crippen molar-refractivity contribution in [1.29, 1.82) is 0 Å². The second-order valence-corrected chi connectivity index (χ2v) is 7.75. The predicted octanol–water partition coefficient (Wildman–Crippen LogP) is 7.31. The molecule has 4 aromatic rings. The molecule has 116 valence electrons. The Morgan fingerprint density at radius 3 is 1.83 bits per heavy atom. The first-order chi connectivity index (χ1) is 11.9. The molecule has 0 spiro atoms. The van der Waals surface area contributed by atoms with Crippen molar-refractivity contribution < 1.29 is 0 Å². The Labute approximate surface area is 150 Å². The monoisotopic (exact) mass is 344 g/mol. The molecule has 0 N–H and O–H groups in total. The average molecular weight is 345 g/mol. The van der Waals surface area contributed by atoms with E-state index in [-0.39, 0.29) is 0 Å². The van der Waals surface area contributed by atoms with Gasteiger partial charge in [-0.2, -0.15) is 0 Å². The highest BCUT2D eigenvalue weighted by atomic mass is 33.1. The number of benzene rings is 4. The van der Waals surface area contributed by atoms with Crippen LogP contribution >= 0.6 is 21.6 Å². The third-order valence-corrected chi connectivity index (χ3v) is 6.39. The van der Waals surface area contributed by atoms with E-state index in [0.717, 1.165) is 0 Å². The fourth-order valence-corrected chi connectivity index (χ4v) is 4.96. The fraction of sp³-hybridized carbons (Fsp3) is 0. The molecule has 0 heterocycles. The van der Waals surface area contributed by atoms with E-state index in [1.807, 2.05) is 10.8 Å². The van der Waals surface area contributed by atoms with E-state index in [1.165, 1.54) is 31.7 Å². The quantitative estimate of drug-likeness (QED) is 0.356. The molecule has 24 heavy (non-hydrogen) atoms. The van der Waals surface area contributed by atoms with Gasteiger partial charge in [0.2, 0.25) is 0 Å². The third-order valence-electron chi connectivity index (χ3n) is 3.94. The van der Waals surface area contributed by atoms with Crippen LogP contribution in [0.2, 0.25) is 0 Å². The molecule has 0 saturated heterocycles. The molecule has 0 aliphatic heterocycles. The average Bonchev–Trinajstić information content (AvgIpc) is 2.67. The number of hydrogen-bond donors (Lipinski definition) is 0. The van der Waals surface area contributed by atoms with Crippen molar-refractivity contribution in [1.82, 2.24) is 0 Å². The molecule has 0 atom stereocenters. The highest BCUT2D eigenvalue weighted by Gasteiger charge is 2.08. The summed E-state index contributed by atoms with van der Waals surface area (Å²) in [7, 11) is 3.63. The summed E-state index contributed by atoms with van der Waals surface area (Å²) >= 11 is 0. The van der Waals surface area contributed by atoms with Crippen molar-refractivity contribution in [3.05, 3.63) is 97.1 Å². The molecule has 0 aliphatic rings. The first-order valence-corrected chi connectivity index (χ1v) is 10.0. The van der Waals surface area contributed by atoms with Gasteiger partial charge in [0.05, 0.1) is 0 Å². The number of fused-ring (bicyclic) bond motifs is 1. The van der Waals surface area contributed by atoms with Crippen molar-refractivity contribution in [2.45, 2.75) is 9.79 Å². The molecule has 4 aromatic carbocycles. The minimum atomic E-state index is 1.26. The van der Waals surface area contributed by atoms with Gasteiger partial charge in [-0.15, -0.1) is 0 Å². The molecule has 0 aromatic heterocycles. The maximum atomic E-state index is 2.24. The maximum absolute atomic E-state index is 2.24. The predicted molar refractivity (Wildman–Crippen MR) is 108 cm³/mol. The molecule has 0 aliphatic carbocycles. The Balaban J connectivity index is 1.73. The van der Waals surface area contributed by atoms with Crippen LogP contribution in [-0.2, 0) is 0 Å². The van der Waals surface area contributed by atoms with E-state index in [2.05, 4.69) is 97.1 Å². The summed E-state index contributed by atoms with van der Waals surface area (Å²) in [6, 6.07) is 34.3. The smallest absolute Gasteiger partial charge is 0.0265 e. The molecule has 0 amide bonds. The lowest BCUT2D eigenvalue weighted by Gasteiger charge is -2.11. The molecule has 4 rings (SSSR count). The zero-order chi connectivity index (χ0) is 16.2. The van der Waals surface area contributed by atoms with E-state index in [1.54, 1.807) is 10.8 Å². The summed E-state index contributed by atoms with van der Waals surface area (Å²) in [5.41, 5.74) is 2.56. The maximum Gasteiger partial charge on any atom is 0.0265 e. The molecule has 2 heteroatoms. The molecular formula is C22H16S2. The lowest BCUT2D eigenvalue weighted by Crippen LogP contribution is -1.83. The van der Waals surface area contributed by atoms with Crippen molar-refractivity contribution in [2.24, 2.45) is 0 Å². The number of rotatable bonds is 4. The lowest BCUT2D eigenvalue weighted by molar-refractivity contribution is 1.48. The molecule has 0 nitrogen and oxygen atoms in total. The van der Waals surface area contributed by atoms with Crippen LogP contribution in [0.3, 0.4) is 0 Å². The molecule has 0 bridgehead atoms. The Kier molecular flexibility index (Phi) is 4.59. The largest absolute Gasteiger partial charge is 0.0622 e. The summed E-state index contributed by atoms with van der Waals surface area (Å²) in [5.74, 6) is 0. The molecule has 0 radical (unpaired) electrons. The fourth-order valence-electron chi connectivity index (χ4n) is 2.78. The molecular weight excluding hydrogens is 328 g/mol. The van der Waals surface area contributed by atoms with Crippen LogP contribution in [0, 0.1) is 0 Å². The molecule has 0 saturated carbocycles. The second kappa shape index (κ2) is 7.16. The van der Waals surface area contributed by atoms with Crippen molar-refractivity contribution >= 4 is 32.4 Å². The summed E-state index contributed by atoms with van der Waals surface area (Å²) in [6.07, 6.45) is 0. The Morgan fingerprint density at radius 2 is 1.08 bits per heavy atom. The van der Waals surface area contributed by atoms with Gasteiger partial charge in [0, 0.05) is 9.79 Å². The second-order valence-electron chi connectivity index (χ2n) is 5.50. The van der Waals surface area contributed by atoms with Crippen LogP contribution in [0.4, 0.5) is 0 Å². The Morgan fingerprint density at radius 1 is 0.458 bits per heavy atom. The highest BCUT2D eigenvalue weighted by Crippen LogP contribution is 2.42. The summed E-state index contributed by atoms with van der Waals surface area (Å²) < 4.78 is 0. The lowest BCUT2D eigenvalue weighted by atomic mass is 9.98. The molecule has 0 unspecified atom stereocenters. The topological polar surface area (TPSA) is 0 Å². The van der Waals surface area contributed by atoms with E-state index in [9.17, 15) is 0 Å². The van der Waals surface area contributed by atoms with Crippen molar-refractivity contribution in [3.8, 4) is 11.1 Å². The minimum Gasteiger partial charge on any atom is -0.0622 e. The van der Waals surface area contributed by atoms with Crippen LogP contribution in [0.1, 0.15) is 0 Å². The van der Waals surface area contributed by atoms with Gasteiger partial charge in [0.1, 0.15) is 0 Å². The first kappa shape index (κ1) is 15.4. The third kappa shape index (κ3) is 3.21. The van der Waals surface area contributed by atoms with Gasteiger partial charge in [0.15, 0.2) is 0 Å². The van der Waals surface area contributed by atoms with Crippen molar-refractivity contribution in [2.75, 3.05) is 0 Å². The Hall–Kier alpha value is -2.16. The zero-order valence-corrected chi connectivity index (χ0v) is 14.7. The van der Waals surface area contributed by atoms with E-state index in [0.29, 0.717) is 0 Å². The van der Waals surface area contributed by atoms with Crippen LogP contribution in [0.15, 0.2) is 107 Å². The summed E-state index contributed by atoms with van der Waals surface area (Å²) in [4.78, 5) is 2.58. The van der Waals surface area contributed by atoms with E-state index >= 15 is 0 Å². The first-order valence-electron chi connectivity index (χ1n) is 7.88. The SMILES string of the molecule is c1ccc(SSc2ccc(-c3ccccc3)c3ccccc23)cc1. The standard InChI is InChI=1S/C22H16S2/c1-3-9-17(10-4-1)19-15-16-22(21-14-8-7-13-20(19)21)24-23-18-11-5-2-6-12-18/h1-16H. The van der Waals surface area contributed by atoms with Gasteiger partial charge < -0.3 is 0 Å². The zero-order valence-electron chi connectivity index (χ0n) is 13.1. The van der Waals surface area contributed by atoms with Crippen LogP contribution in [0.25, 0.3) is 21.9 Å². The van der Waals surface area contributed by atoms with Gasteiger partial charge in [-0.1, -0.05) is 100 Å². The summed E-state index contributed by atoms with van der Waals surface area (Å²) in [5, 5.41) is 2.62. The van der Waals surface area contributed by atoms with Crippen LogP contribution < -0.4 is 0 Å². The van der Waals surface area contributed by atoms with E-state index < -0.39 is 0 Å². The van der Waals surface area contributed by atoms with E-state index in [4.69, 9.17) is 0 Å².